The Morgan fingerprint density at radius 3 is 2.93 bits per heavy atom. The molecule has 2 aromatic rings. The van der Waals surface area contributed by atoms with Crippen LogP contribution < -0.4 is 20.5 Å². The predicted molar refractivity (Wildman–Crippen MR) is 109 cm³/mol. The van der Waals surface area contributed by atoms with E-state index in [0.29, 0.717) is 17.9 Å². The zero-order chi connectivity index (χ0) is 19.6. The van der Waals surface area contributed by atoms with Gasteiger partial charge in [0.25, 0.3) is 0 Å². The van der Waals surface area contributed by atoms with Crippen molar-refractivity contribution >= 4 is 5.82 Å². The first kappa shape index (κ1) is 18.7. The molecule has 8 heteroatoms. The van der Waals surface area contributed by atoms with Crippen molar-refractivity contribution in [2.24, 2.45) is 5.92 Å². The third kappa shape index (κ3) is 3.68. The van der Waals surface area contributed by atoms with Crippen LogP contribution in [0.25, 0.3) is 0 Å². The molecule has 3 aliphatic rings. The van der Waals surface area contributed by atoms with Gasteiger partial charge in [-0.3, -0.25) is 10.4 Å². The minimum atomic E-state index is 0.174. The summed E-state index contributed by atoms with van der Waals surface area (Å²) in [5.41, 5.74) is 9.31. The molecule has 5 rings (SSSR count). The number of anilines is 1. The number of pyridine rings is 1. The van der Waals surface area contributed by atoms with Crippen LogP contribution in [0.5, 0.6) is 5.75 Å². The summed E-state index contributed by atoms with van der Waals surface area (Å²) in [5.74, 6) is 2.84. The number of morpholine rings is 1. The maximum absolute atomic E-state index is 5.60. The lowest BCUT2D eigenvalue weighted by Gasteiger charge is -2.34. The van der Waals surface area contributed by atoms with Gasteiger partial charge in [0, 0.05) is 43.2 Å². The van der Waals surface area contributed by atoms with Gasteiger partial charge in [0.05, 0.1) is 32.1 Å². The number of fused-ring (bicyclic) bond motifs is 1. The molecule has 1 saturated carbocycles. The average molecular weight is 396 g/mol. The van der Waals surface area contributed by atoms with Gasteiger partial charge in [-0.1, -0.05) is 0 Å². The van der Waals surface area contributed by atoms with E-state index in [1.54, 1.807) is 19.6 Å². The first-order valence-electron chi connectivity index (χ1n) is 10.5. The highest BCUT2D eigenvalue weighted by atomic mass is 16.5. The summed E-state index contributed by atoms with van der Waals surface area (Å²) in [7, 11) is 1.74. The molecule has 2 aliphatic heterocycles. The quantitative estimate of drug-likeness (QED) is 0.810. The number of methoxy groups -OCH3 is 1. The molecule has 3 fully saturated rings. The maximum atomic E-state index is 5.60. The van der Waals surface area contributed by atoms with Crippen LogP contribution in [0.1, 0.15) is 42.5 Å². The lowest BCUT2D eigenvalue weighted by molar-refractivity contribution is 0.122. The van der Waals surface area contributed by atoms with Crippen molar-refractivity contribution in [2.45, 2.75) is 37.3 Å². The molecule has 2 N–H and O–H groups in total. The van der Waals surface area contributed by atoms with Gasteiger partial charge < -0.3 is 14.4 Å². The third-order valence-corrected chi connectivity index (χ3v) is 6.55. The van der Waals surface area contributed by atoms with Crippen LogP contribution in [0.4, 0.5) is 5.82 Å². The number of hydrazine groups is 1. The summed E-state index contributed by atoms with van der Waals surface area (Å²) in [4.78, 5) is 15.8. The van der Waals surface area contributed by atoms with Crippen LogP contribution in [-0.4, -0.2) is 54.4 Å². The molecule has 154 valence electrons. The largest absolute Gasteiger partial charge is 0.496 e. The molecular weight excluding hydrogens is 368 g/mol. The van der Waals surface area contributed by atoms with E-state index in [2.05, 4.69) is 36.8 Å². The fraction of sp³-hybridized carbons (Fsp3) is 0.571. The molecule has 4 unspecified atom stereocenters. The first-order valence-corrected chi connectivity index (χ1v) is 10.5. The first-order chi connectivity index (χ1) is 14.3. The van der Waals surface area contributed by atoms with Crippen LogP contribution in [0.3, 0.4) is 0 Å². The highest BCUT2D eigenvalue weighted by Gasteiger charge is 2.42. The Kier molecular flexibility index (Phi) is 5.30. The second-order valence-corrected chi connectivity index (χ2v) is 8.06. The topological polar surface area (TPSA) is 84.4 Å². The van der Waals surface area contributed by atoms with Gasteiger partial charge in [0.15, 0.2) is 0 Å². The normalized spacial score (nSPS) is 29.5. The molecule has 2 saturated heterocycles. The van der Waals surface area contributed by atoms with Crippen molar-refractivity contribution in [3.8, 4) is 5.75 Å². The monoisotopic (exact) mass is 396 g/mol. The summed E-state index contributed by atoms with van der Waals surface area (Å²) in [6.45, 7) is 3.26. The summed E-state index contributed by atoms with van der Waals surface area (Å²) < 4.78 is 11.1. The molecule has 0 bridgehead atoms. The zero-order valence-electron chi connectivity index (χ0n) is 16.8. The van der Waals surface area contributed by atoms with E-state index in [-0.39, 0.29) is 6.04 Å². The Bertz CT molecular complexity index is 843. The van der Waals surface area contributed by atoms with Crippen molar-refractivity contribution in [2.75, 3.05) is 38.3 Å². The number of aromatic nitrogens is 3. The molecule has 0 radical (unpaired) electrons. The van der Waals surface area contributed by atoms with Crippen molar-refractivity contribution in [1.82, 2.24) is 25.8 Å². The van der Waals surface area contributed by atoms with Gasteiger partial charge in [-0.25, -0.2) is 15.4 Å². The molecule has 4 heterocycles. The van der Waals surface area contributed by atoms with E-state index < -0.39 is 0 Å². The molecule has 29 heavy (non-hydrogen) atoms. The molecule has 0 amide bonds. The van der Waals surface area contributed by atoms with Crippen molar-refractivity contribution in [1.29, 1.82) is 0 Å². The standard InChI is InChI=1S/C21H28N6O2/c1-28-19-4-5-22-12-16(19)14-2-3-17-15(10-14)21(26-25-17)18-11-20(24-13-23-18)27-6-8-29-9-7-27/h4-5,11-15,17,21,25-26H,2-3,6-10H2,1H3. The van der Waals surface area contributed by atoms with Gasteiger partial charge in [-0.05, 0) is 37.2 Å². The molecule has 1 aliphatic carbocycles. The number of nitrogens with zero attached hydrogens (tertiary/aromatic N) is 4. The molecule has 2 aromatic heterocycles. The summed E-state index contributed by atoms with van der Waals surface area (Å²) in [6, 6.07) is 4.73. The Morgan fingerprint density at radius 2 is 2.07 bits per heavy atom. The number of ether oxygens (including phenoxy) is 2. The number of hydrogen-bond acceptors (Lipinski definition) is 8. The molecule has 0 aromatic carbocycles. The van der Waals surface area contributed by atoms with Crippen LogP contribution in [0.15, 0.2) is 30.9 Å². The van der Waals surface area contributed by atoms with Crippen LogP contribution >= 0.6 is 0 Å². The van der Waals surface area contributed by atoms with Crippen LogP contribution in [-0.2, 0) is 4.74 Å². The van der Waals surface area contributed by atoms with E-state index >= 15 is 0 Å². The predicted octanol–water partition coefficient (Wildman–Crippen LogP) is 1.82. The van der Waals surface area contributed by atoms with E-state index in [9.17, 15) is 0 Å². The Labute approximate surface area is 171 Å². The van der Waals surface area contributed by atoms with E-state index in [1.165, 1.54) is 5.56 Å². The fourth-order valence-electron chi connectivity index (χ4n) is 5.02. The summed E-state index contributed by atoms with van der Waals surface area (Å²) in [6.07, 6.45) is 8.79. The molecule has 0 spiro atoms. The number of hydrogen-bond donors (Lipinski definition) is 2. The lowest BCUT2D eigenvalue weighted by Crippen LogP contribution is -2.37. The van der Waals surface area contributed by atoms with Crippen molar-refractivity contribution in [3.63, 3.8) is 0 Å². The van der Waals surface area contributed by atoms with Gasteiger partial charge >= 0.3 is 0 Å². The van der Waals surface area contributed by atoms with Gasteiger partial charge in [0.2, 0.25) is 0 Å². The summed E-state index contributed by atoms with van der Waals surface area (Å²) >= 11 is 0. The second-order valence-electron chi connectivity index (χ2n) is 8.06. The lowest BCUT2D eigenvalue weighted by atomic mass is 9.73. The highest BCUT2D eigenvalue weighted by molar-refractivity contribution is 5.40. The number of nitrogens with one attached hydrogen (secondary N) is 2. The molecule has 4 atom stereocenters. The highest BCUT2D eigenvalue weighted by Crippen LogP contribution is 2.45. The van der Waals surface area contributed by atoms with Gasteiger partial charge in [-0.15, -0.1) is 0 Å². The van der Waals surface area contributed by atoms with Gasteiger partial charge in [0.1, 0.15) is 17.9 Å². The molecule has 8 nitrogen and oxygen atoms in total. The maximum Gasteiger partial charge on any atom is 0.132 e. The summed E-state index contributed by atoms with van der Waals surface area (Å²) in [5, 5.41) is 0. The van der Waals surface area contributed by atoms with Gasteiger partial charge in [-0.2, -0.15) is 0 Å². The van der Waals surface area contributed by atoms with Crippen molar-refractivity contribution in [3.05, 3.63) is 42.1 Å². The van der Waals surface area contributed by atoms with Crippen molar-refractivity contribution < 1.29 is 9.47 Å². The Hall–Kier alpha value is -2.29. The second kappa shape index (κ2) is 8.22. The SMILES string of the molecule is COc1ccncc1C1CCC2NNC(c3cc(N4CCOCC4)ncn3)C2C1. The van der Waals surface area contributed by atoms with E-state index in [4.69, 9.17) is 9.47 Å². The smallest absolute Gasteiger partial charge is 0.132 e. The zero-order valence-corrected chi connectivity index (χ0v) is 16.8. The fourth-order valence-corrected chi connectivity index (χ4v) is 5.02. The Balaban J connectivity index is 1.37. The average Bonchev–Trinajstić information content (AvgIpc) is 3.23. The van der Waals surface area contributed by atoms with Crippen LogP contribution in [0.2, 0.25) is 0 Å². The minimum absolute atomic E-state index is 0.174. The minimum Gasteiger partial charge on any atom is -0.496 e. The van der Waals surface area contributed by atoms with E-state index in [0.717, 1.165) is 62.8 Å². The Morgan fingerprint density at radius 1 is 1.17 bits per heavy atom. The molecular formula is C21H28N6O2. The van der Waals surface area contributed by atoms with Crippen LogP contribution in [0, 0.1) is 5.92 Å². The third-order valence-electron chi connectivity index (χ3n) is 6.55. The van der Waals surface area contributed by atoms with E-state index in [1.807, 2.05) is 12.3 Å². The number of rotatable bonds is 4.